The SMILES string of the molecule is O=C([O-])c1cccnc1SC1CC(=O)N(C2CCCCC2)C1=O. The van der Waals surface area contributed by atoms with E-state index in [0.717, 1.165) is 43.9 Å². The topological polar surface area (TPSA) is 90.4 Å². The Hall–Kier alpha value is -1.89. The van der Waals surface area contributed by atoms with E-state index in [-0.39, 0.29) is 34.9 Å². The smallest absolute Gasteiger partial charge is 0.243 e. The molecule has 1 aromatic rings. The molecule has 1 aromatic heterocycles. The van der Waals surface area contributed by atoms with Crippen molar-refractivity contribution in [3.05, 3.63) is 23.9 Å². The Kier molecular flexibility index (Phi) is 4.66. The number of carbonyl (C=O) groups excluding carboxylic acids is 3. The summed E-state index contributed by atoms with van der Waals surface area (Å²) in [5, 5.41) is 10.8. The lowest BCUT2D eigenvalue weighted by atomic mass is 9.94. The normalized spacial score (nSPS) is 22.6. The van der Waals surface area contributed by atoms with E-state index in [2.05, 4.69) is 4.98 Å². The molecule has 23 heavy (non-hydrogen) atoms. The van der Waals surface area contributed by atoms with Crippen molar-refractivity contribution < 1.29 is 19.5 Å². The van der Waals surface area contributed by atoms with E-state index < -0.39 is 11.2 Å². The van der Waals surface area contributed by atoms with Gasteiger partial charge in [-0.25, -0.2) is 4.98 Å². The number of pyridine rings is 1. The summed E-state index contributed by atoms with van der Waals surface area (Å²) >= 11 is 1.04. The zero-order chi connectivity index (χ0) is 16.4. The van der Waals surface area contributed by atoms with Gasteiger partial charge in [-0.05, 0) is 25.0 Å². The highest BCUT2D eigenvalue weighted by atomic mass is 32.2. The van der Waals surface area contributed by atoms with Gasteiger partial charge < -0.3 is 9.90 Å². The van der Waals surface area contributed by atoms with Gasteiger partial charge in [0.05, 0.1) is 11.2 Å². The third kappa shape index (κ3) is 3.24. The molecule has 1 atom stereocenters. The standard InChI is InChI=1S/C16H18N2O4S/c19-13-9-12(15(20)18(13)10-5-2-1-3-6-10)23-14-11(16(21)22)7-4-8-17-14/h4,7-8,10,12H,1-3,5-6,9H2,(H,21,22)/p-1. The number of amides is 2. The van der Waals surface area contributed by atoms with Gasteiger partial charge in [0.15, 0.2) is 0 Å². The first-order valence-electron chi connectivity index (χ1n) is 7.77. The number of thioether (sulfide) groups is 1. The Bertz CT molecular complexity index is 643. The first-order chi connectivity index (χ1) is 11.1. The fraction of sp³-hybridized carbons (Fsp3) is 0.500. The molecular weight excluding hydrogens is 316 g/mol. The van der Waals surface area contributed by atoms with Crippen LogP contribution in [0.25, 0.3) is 0 Å². The fourth-order valence-corrected chi connectivity index (χ4v) is 4.32. The van der Waals surface area contributed by atoms with Gasteiger partial charge in [-0.15, -0.1) is 0 Å². The lowest BCUT2D eigenvalue weighted by molar-refractivity contribution is -0.255. The van der Waals surface area contributed by atoms with Crippen LogP contribution >= 0.6 is 11.8 Å². The van der Waals surface area contributed by atoms with Gasteiger partial charge in [0, 0.05) is 24.2 Å². The lowest BCUT2D eigenvalue weighted by Crippen LogP contribution is -2.41. The predicted octanol–water partition coefficient (Wildman–Crippen LogP) is 0.997. The number of nitrogens with zero attached hydrogens (tertiary/aromatic N) is 2. The highest BCUT2D eigenvalue weighted by molar-refractivity contribution is 8.00. The summed E-state index contributed by atoms with van der Waals surface area (Å²) in [7, 11) is 0. The Morgan fingerprint density at radius 3 is 2.70 bits per heavy atom. The van der Waals surface area contributed by atoms with E-state index in [1.54, 1.807) is 0 Å². The highest BCUT2D eigenvalue weighted by Crippen LogP contribution is 2.35. The number of likely N-dealkylation sites (tertiary alicyclic amines) is 1. The van der Waals surface area contributed by atoms with Crippen LogP contribution in [0.15, 0.2) is 23.4 Å². The van der Waals surface area contributed by atoms with Crippen LogP contribution in [0.5, 0.6) is 0 Å². The van der Waals surface area contributed by atoms with E-state index in [0.29, 0.717) is 0 Å². The molecule has 1 aliphatic carbocycles. The van der Waals surface area contributed by atoms with Crippen LogP contribution in [0.2, 0.25) is 0 Å². The van der Waals surface area contributed by atoms with Crippen molar-refractivity contribution in [1.82, 2.24) is 9.88 Å². The molecule has 2 amide bonds. The molecule has 1 aliphatic heterocycles. The monoisotopic (exact) mass is 333 g/mol. The maximum absolute atomic E-state index is 12.6. The molecular formula is C16H17N2O4S-. The van der Waals surface area contributed by atoms with Crippen LogP contribution in [0.3, 0.4) is 0 Å². The third-order valence-electron chi connectivity index (χ3n) is 4.33. The van der Waals surface area contributed by atoms with E-state index >= 15 is 0 Å². The van der Waals surface area contributed by atoms with E-state index in [1.807, 2.05) is 0 Å². The van der Waals surface area contributed by atoms with Crippen LogP contribution in [-0.4, -0.2) is 39.0 Å². The number of rotatable bonds is 4. The molecule has 6 nitrogen and oxygen atoms in total. The maximum atomic E-state index is 12.6. The quantitative estimate of drug-likeness (QED) is 0.764. The second kappa shape index (κ2) is 6.70. The number of carboxylic acids is 1. The first kappa shape index (κ1) is 16.0. The minimum Gasteiger partial charge on any atom is -0.545 e. The summed E-state index contributed by atoms with van der Waals surface area (Å²) in [6.45, 7) is 0. The number of carboxylic acid groups (broad SMARTS) is 1. The molecule has 122 valence electrons. The van der Waals surface area contributed by atoms with Crippen molar-refractivity contribution in [2.75, 3.05) is 0 Å². The molecule has 7 heteroatoms. The van der Waals surface area contributed by atoms with Gasteiger partial charge in [-0.1, -0.05) is 31.0 Å². The lowest BCUT2D eigenvalue weighted by Gasteiger charge is -2.29. The average molecular weight is 333 g/mol. The van der Waals surface area contributed by atoms with E-state index in [4.69, 9.17) is 0 Å². The van der Waals surface area contributed by atoms with Gasteiger partial charge >= 0.3 is 0 Å². The molecule has 0 spiro atoms. The second-order valence-electron chi connectivity index (χ2n) is 5.85. The van der Waals surface area contributed by atoms with Gasteiger partial charge in [0.1, 0.15) is 5.03 Å². The van der Waals surface area contributed by atoms with E-state index in [9.17, 15) is 19.5 Å². The molecule has 2 heterocycles. The highest BCUT2D eigenvalue weighted by Gasteiger charge is 2.43. The van der Waals surface area contributed by atoms with Crippen LogP contribution < -0.4 is 5.11 Å². The summed E-state index contributed by atoms with van der Waals surface area (Å²) in [4.78, 5) is 41.4. The van der Waals surface area contributed by atoms with Gasteiger partial charge in [-0.3, -0.25) is 14.5 Å². The van der Waals surface area contributed by atoms with E-state index in [1.165, 1.54) is 23.2 Å². The Balaban J connectivity index is 1.76. The molecule has 1 unspecified atom stereocenters. The molecule has 3 rings (SSSR count). The molecule has 0 radical (unpaired) electrons. The molecule has 1 saturated carbocycles. The Morgan fingerprint density at radius 1 is 1.26 bits per heavy atom. The molecule has 0 N–H and O–H groups in total. The third-order valence-corrected chi connectivity index (χ3v) is 5.53. The summed E-state index contributed by atoms with van der Waals surface area (Å²) in [6.07, 6.45) is 6.51. The van der Waals surface area contributed by atoms with Crippen molar-refractivity contribution in [2.24, 2.45) is 0 Å². The molecule has 0 aromatic carbocycles. The number of hydrogen-bond donors (Lipinski definition) is 0. The maximum Gasteiger partial charge on any atom is 0.243 e. The average Bonchev–Trinajstić information content (AvgIpc) is 2.82. The molecule has 0 bridgehead atoms. The summed E-state index contributed by atoms with van der Waals surface area (Å²) in [5.41, 5.74) is -0.0473. The van der Waals surface area contributed by atoms with Crippen molar-refractivity contribution in [3.63, 3.8) is 0 Å². The first-order valence-corrected chi connectivity index (χ1v) is 8.65. The van der Waals surface area contributed by atoms with Crippen LogP contribution in [-0.2, 0) is 9.59 Å². The summed E-state index contributed by atoms with van der Waals surface area (Å²) in [5.74, 6) is -1.71. The van der Waals surface area contributed by atoms with Crippen LogP contribution in [0.1, 0.15) is 48.9 Å². The molecule has 2 fully saturated rings. The Labute approximate surface area is 138 Å². The molecule has 1 saturated heterocycles. The number of imide groups is 1. The van der Waals surface area contributed by atoms with Crippen molar-refractivity contribution in [2.45, 2.75) is 54.8 Å². The number of aromatic nitrogens is 1. The second-order valence-corrected chi connectivity index (χ2v) is 7.04. The predicted molar refractivity (Wildman–Crippen MR) is 81.6 cm³/mol. The minimum atomic E-state index is -1.33. The minimum absolute atomic E-state index is 0.00121. The summed E-state index contributed by atoms with van der Waals surface area (Å²) < 4.78 is 0. The summed E-state index contributed by atoms with van der Waals surface area (Å²) in [6, 6.07) is 2.90. The number of aromatic carboxylic acids is 1. The van der Waals surface area contributed by atoms with Crippen molar-refractivity contribution in [3.8, 4) is 0 Å². The zero-order valence-corrected chi connectivity index (χ0v) is 13.4. The zero-order valence-electron chi connectivity index (χ0n) is 12.6. The van der Waals surface area contributed by atoms with Crippen LogP contribution in [0.4, 0.5) is 0 Å². The van der Waals surface area contributed by atoms with Crippen molar-refractivity contribution >= 4 is 29.5 Å². The largest absolute Gasteiger partial charge is 0.545 e. The fourth-order valence-electron chi connectivity index (χ4n) is 3.21. The van der Waals surface area contributed by atoms with Gasteiger partial charge in [0.25, 0.3) is 0 Å². The molecule has 2 aliphatic rings. The van der Waals surface area contributed by atoms with Crippen LogP contribution in [0, 0.1) is 0 Å². The number of hydrogen-bond acceptors (Lipinski definition) is 6. The van der Waals surface area contributed by atoms with Crippen molar-refractivity contribution in [1.29, 1.82) is 0 Å². The Morgan fingerprint density at radius 2 is 2.00 bits per heavy atom. The van der Waals surface area contributed by atoms with Gasteiger partial charge in [0.2, 0.25) is 11.8 Å². The van der Waals surface area contributed by atoms with Gasteiger partial charge in [-0.2, -0.15) is 0 Å². The number of carbonyl (C=O) groups is 3.